The second-order valence-electron chi connectivity index (χ2n) is 2.29. The van der Waals surface area contributed by atoms with Crippen LogP contribution >= 0.6 is 27.5 Å². The van der Waals surface area contributed by atoms with Crippen molar-refractivity contribution in [2.45, 2.75) is 0 Å². The van der Waals surface area contributed by atoms with E-state index in [4.69, 9.17) is 22.4 Å². The average Bonchev–Trinajstić information content (AvgIpc) is 2.07. The topological polar surface area (TPSA) is 83.6 Å². The Kier molecular flexibility index (Phi) is 2.68. The molecule has 0 aliphatic carbocycles. The number of rotatable bonds is 1. The van der Waals surface area contributed by atoms with Gasteiger partial charge in [-0.15, -0.1) is 0 Å². The highest BCUT2D eigenvalue weighted by Crippen LogP contribution is 2.38. The van der Waals surface area contributed by atoms with Crippen LogP contribution in [0.25, 0.3) is 0 Å². The summed E-state index contributed by atoms with van der Waals surface area (Å²) in [6, 6.07) is 1.24. The van der Waals surface area contributed by atoms with Gasteiger partial charge in [0.1, 0.15) is 0 Å². The highest BCUT2D eigenvalue weighted by molar-refractivity contribution is 9.10. The van der Waals surface area contributed by atoms with Crippen molar-refractivity contribution in [3.8, 4) is 5.75 Å². The molecule has 4 nitrogen and oxygen atoms in total. The molecule has 1 rings (SSSR count). The van der Waals surface area contributed by atoms with Crippen molar-refractivity contribution < 1.29 is 15.0 Å². The molecule has 0 atom stereocenters. The molecule has 0 bridgehead atoms. The Bertz CT molecular complexity index is 380. The van der Waals surface area contributed by atoms with E-state index < -0.39 is 11.7 Å². The first kappa shape index (κ1) is 10.1. The third-order valence-electron chi connectivity index (χ3n) is 1.46. The molecule has 0 fully saturated rings. The number of anilines is 1. The number of hydrogen-bond acceptors (Lipinski definition) is 3. The summed E-state index contributed by atoms with van der Waals surface area (Å²) in [4.78, 5) is 10.6. The predicted octanol–water partition coefficient (Wildman–Crippen LogP) is 2.09. The van der Waals surface area contributed by atoms with E-state index in [1.54, 1.807) is 0 Å². The second-order valence-corrected chi connectivity index (χ2v) is 3.52. The van der Waals surface area contributed by atoms with Gasteiger partial charge < -0.3 is 15.9 Å². The summed E-state index contributed by atoms with van der Waals surface area (Å²) in [6.07, 6.45) is 0. The molecule has 1 aromatic rings. The van der Waals surface area contributed by atoms with Crippen molar-refractivity contribution in [1.29, 1.82) is 0 Å². The molecule has 0 saturated heterocycles. The first-order valence-electron chi connectivity index (χ1n) is 3.15. The summed E-state index contributed by atoms with van der Waals surface area (Å²) in [5.41, 5.74) is 4.90. The molecule has 0 heterocycles. The molecule has 1 aromatic carbocycles. The highest BCUT2D eigenvalue weighted by Gasteiger charge is 2.16. The van der Waals surface area contributed by atoms with Crippen molar-refractivity contribution in [3.05, 3.63) is 21.1 Å². The minimum absolute atomic E-state index is 0.00231. The number of hydrogen-bond donors (Lipinski definition) is 3. The molecule has 0 unspecified atom stereocenters. The Labute approximate surface area is 87.1 Å². The Hall–Kier alpha value is -0.940. The van der Waals surface area contributed by atoms with Crippen LogP contribution in [0.15, 0.2) is 10.5 Å². The zero-order chi connectivity index (χ0) is 10.2. The molecular formula is C7H5BrClNO3. The number of phenolic OH excluding ortho intramolecular Hbond substituents is 1. The Morgan fingerprint density at radius 2 is 2.15 bits per heavy atom. The average molecular weight is 266 g/mol. The van der Waals surface area contributed by atoms with Crippen LogP contribution in [0.5, 0.6) is 5.75 Å². The number of carboxylic acid groups (broad SMARTS) is 1. The summed E-state index contributed by atoms with van der Waals surface area (Å²) in [5.74, 6) is -1.64. The number of halogens is 2. The number of aromatic carboxylic acids is 1. The Balaban J connectivity index is 3.50. The smallest absolute Gasteiger partial charge is 0.337 e. The number of benzene rings is 1. The van der Waals surface area contributed by atoms with Crippen LogP contribution in [0.4, 0.5) is 5.69 Å². The third kappa shape index (κ3) is 1.71. The van der Waals surface area contributed by atoms with Crippen LogP contribution in [-0.2, 0) is 0 Å². The van der Waals surface area contributed by atoms with E-state index in [0.717, 1.165) is 0 Å². The van der Waals surface area contributed by atoms with Gasteiger partial charge in [0.2, 0.25) is 0 Å². The summed E-state index contributed by atoms with van der Waals surface area (Å²) in [6.45, 7) is 0. The molecule has 0 aromatic heterocycles. The lowest BCUT2D eigenvalue weighted by molar-refractivity contribution is 0.0697. The van der Waals surface area contributed by atoms with Gasteiger partial charge in [-0.3, -0.25) is 0 Å². The van der Waals surface area contributed by atoms with E-state index in [1.807, 2.05) is 0 Å². The number of nitrogens with two attached hydrogens (primary N) is 1. The zero-order valence-electron chi connectivity index (χ0n) is 6.21. The largest absolute Gasteiger partial charge is 0.504 e. The minimum Gasteiger partial charge on any atom is -0.504 e. The first-order valence-corrected chi connectivity index (χ1v) is 4.32. The maximum atomic E-state index is 10.6. The van der Waals surface area contributed by atoms with Gasteiger partial charge in [-0.05, 0) is 22.0 Å². The standard InChI is InChI=1S/C7H5BrClNO3/c8-3-1-2(7(12)13)5(10)6(11)4(3)9/h1,11H,10H2,(H,12,13). The Morgan fingerprint density at radius 3 is 2.62 bits per heavy atom. The molecular weight excluding hydrogens is 261 g/mol. The van der Waals surface area contributed by atoms with E-state index in [9.17, 15) is 9.90 Å². The number of phenols is 1. The van der Waals surface area contributed by atoms with Gasteiger partial charge in [-0.1, -0.05) is 11.6 Å². The van der Waals surface area contributed by atoms with Gasteiger partial charge >= 0.3 is 5.97 Å². The Morgan fingerprint density at radius 1 is 1.62 bits per heavy atom. The van der Waals surface area contributed by atoms with E-state index >= 15 is 0 Å². The van der Waals surface area contributed by atoms with E-state index in [-0.39, 0.29) is 16.3 Å². The normalized spacial score (nSPS) is 10.0. The van der Waals surface area contributed by atoms with E-state index in [0.29, 0.717) is 4.47 Å². The fourth-order valence-electron chi connectivity index (χ4n) is 0.804. The lowest BCUT2D eigenvalue weighted by Gasteiger charge is -2.06. The van der Waals surface area contributed by atoms with Gasteiger partial charge in [0.25, 0.3) is 0 Å². The SMILES string of the molecule is Nc1c(C(=O)O)cc(Br)c(Cl)c1O. The fourth-order valence-corrected chi connectivity index (χ4v) is 1.38. The number of aromatic hydroxyl groups is 1. The highest BCUT2D eigenvalue weighted by atomic mass is 79.9. The monoisotopic (exact) mass is 265 g/mol. The molecule has 70 valence electrons. The van der Waals surface area contributed by atoms with Gasteiger partial charge in [-0.25, -0.2) is 4.79 Å². The van der Waals surface area contributed by atoms with Crippen LogP contribution in [0.1, 0.15) is 10.4 Å². The summed E-state index contributed by atoms with van der Waals surface area (Å²) >= 11 is 8.58. The van der Waals surface area contributed by atoms with Gasteiger partial charge in [0.15, 0.2) is 5.75 Å². The minimum atomic E-state index is -1.22. The number of carboxylic acids is 1. The van der Waals surface area contributed by atoms with Gasteiger partial charge in [0, 0.05) is 4.47 Å². The van der Waals surface area contributed by atoms with Crippen molar-refractivity contribution in [2.75, 3.05) is 5.73 Å². The number of nitrogen functional groups attached to an aromatic ring is 1. The fraction of sp³-hybridized carbons (Fsp3) is 0. The lowest BCUT2D eigenvalue weighted by Crippen LogP contribution is -2.02. The second kappa shape index (κ2) is 3.43. The molecule has 0 spiro atoms. The molecule has 0 aliphatic rings. The molecule has 0 saturated carbocycles. The number of carbonyl (C=O) groups is 1. The van der Waals surface area contributed by atoms with Crippen molar-refractivity contribution >= 4 is 39.2 Å². The first-order chi connectivity index (χ1) is 5.95. The van der Waals surface area contributed by atoms with Crippen LogP contribution in [-0.4, -0.2) is 16.2 Å². The van der Waals surface area contributed by atoms with Crippen molar-refractivity contribution in [1.82, 2.24) is 0 Å². The maximum Gasteiger partial charge on any atom is 0.337 e. The van der Waals surface area contributed by atoms with Crippen molar-refractivity contribution in [3.63, 3.8) is 0 Å². The van der Waals surface area contributed by atoms with Crippen LogP contribution in [0.3, 0.4) is 0 Å². The molecule has 6 heteroatoms. The van der Waals surface area contributed by atoms with Crippen molar-refractivity contribution in [2.24, 2.45) is 0 Å². The van der Waals surface area contributed by atoms with E-state index in [2.05, 4.69) is 15.9 Å². The maximum absolute atomic E-state index is 10.6. The molecule has 0 amide bonds. The van der Waals surface area contributed by atoms with Gasteiger partial charge in [-0.2, -0.15) is 0 Å². The van der Waals surface area contributed by atoms with Crippen LogP contribution in [0, 0.1) is 0 Å². The molecule has 4 N–H and O–H groups in total. The summed E-state index contributed by atoms with van der Waals surface area (Å²) in [5, 5.41) is 17.9. The van der Waals surface area contributed by atoms with Crippen LogP contribution < -0.4 is 5.73 Å². The third-order valence-corrected chi connectivity index (χ3v) is 2.70. The molecule has 0 aliphatic heterocycles. The quantitative estimate of drug-likeness (QED) is 0.537. The van der Waals surface area contributed by atoms with Gasteiger partial charge in [0.05, 0.1) is 16.3 Å². The molecule has 13 heavy (non-hydrogen) atoms. The van der Waals surface area contributed by atoms with E-state index in [1.165, 1.54) is 6.07 Å². The summed E-state index contributed by atoms with van der Waals surface area (Å²) in [7, 11) is 0. The zero-order valence-corrected chi connectivity index (χ0v) is 8.56. The summed E-state index contributed by atoms with van der Waals surface area (Å²) < 4.78 is 0.290. The predicted molar refractivity (Wildman–Crippen MR) is 52.2 cm³/mol. The molecule has 0 radical (unpaired) electrons. The van der Waals surface area contributed by atoms with Crippen LogP contribution in [0.2, 0.25) is 5.02 Å². The lowest BCUT2D eigenvalue weighted by atomic mass is 10.1.